The normalized spacial score (nSPS) is 15.6. The molecule has 7 nitrogen and oxygen atoms in total. The minimum absolute atomic E-state index is 0.241. The largest absolute Gasteiger partial charge is 0.399 e. The molecule has 0 atom stereocenters. The number of piperidine rings is 1. The van der Waals surface area contributed by atoms with Crippen molar-refractivity contribution >= 4 is 16.6 Å². The Kier molecular flexibility index (Phi) is 6.11. The van der Waals surface area contributed by atoms with Crippen molar-refractivity contribution in [1.29, 1.82) is 0 Å². The maximum atomic E-state index is 12.9. The minimum atomic E-state index is -0.304. The van der Waals surface area contributed by atoms with Crippen LogP contribution in [0, 0.1) is 0 Å². The topological polar surface area (TPSA) is 82.5 Å². The van der Waals surface area contributed by atoms with Crippen molar-refractivity contribution in [2.24, 2.45) is 0 Å². The smallest absolute Gasteiger partial charge is 0.331 e. The van der Waals surface area contributed by atoms with Crippen LogP contribution in [0.1, 0.15) is 25.7 Å². The van der Waals surface area contributed by atoms with E-state index in [0.717, 1.165) is 26.1 Å². The van der Waals surface area contributed by atoms with E-state index in [0.29, 0.717) is 29.7 Å². The van der Waals surface area contributed by atoms with Gasteiger partial charge in [0.25, 0.3) is 5.56 Å². The van der Waals surface area contributed by atoms with Crippen molar-refractivity contribution in [1.82, 2.24) is 14.0 Å². The summed E-state index contributed by atoms with van der Waals surface area (Å²) in [7, 11) is 1.56. The Morgan fingerprint density at radius 2 is 1.81 bits per heavy atom. The first-order valence-corrected chi connectivity index (χ1v) is 9.36. The molecule has 0 radical (unpaired) electrons. The zero-order valence-electron chi connectivity index (χ0n) is 15.4. The monoisotopic (exact) mass is 360 g/mol. The molecule has 0 aliphatic carbocycles. The third kappa shape index (κ3) is 3.99. The summed E-state index contributed by atoms with van der Waals surface area (Å²) >= 11 is 0. The number of anilines is 1. The Labute approximate surface area is 153 Å². The van der Waals surface area contributed by atoms with E-state index < -0.39 is 0 Å². The number of fused-ring (bicyclic) bond motifs is 1. The van der Waals surface area contributed by atoms with E-state index in [4.69, 9.17) is 10.5 Å². The van der Waals surface area contributed by atoms with E-state index >= 15 is 0 Å². The Morgan fingerprint density at radius 1 is 1.04 bits per heavy atom. The summed E-state index contributed by atoms with van der Waals surface area (Å²) in [6.45, 7) is 4.39. The van der Waals surface area contributed by atoms with Crippen LogP contribution >= 0.6 is 0 Å². The van der Waals surface area contributed by atoms with Crippen LogP contribution in [0.25, 0.3) is 10.9 Å². The van der Waals surface area contributed by atoms with E-state index in [9.17, 15) is 9.59 Å². The summed E-state index contributed by atoms with van der Waals surface area (Å²) in [5.41, 5.74) is 6.46. The van der Waals surface area contributed by atoms with Gasteiger partial charge in [0, 0.05) is 19.3 Å². The highest BCUT2D eigenvalue weighted by molar-refractivity contribution is 5.81. The molecule has 1 saturated heterocycles. The lowest BCUT2D eigenvalue weighted by Crippen LogP contribution is -2.41. The van der Waals surface area contributed by atoms with Crippen LogP contribution in [0.3, 0.4) is 0 Å². The molecule has 1 fully saturated rings. The second-order valence-corrected chi connectivity index (χ2v) is 6.92. The molecule has 7 heteroatoms. The number of benzene rings is 1. The summed E-state index contributed by atoms with van der Waals surface area (Å²) in [5, 5.41) is 0.485. The Bertz CT molecular complexity index is 865. The molecule has 0 spiro atoms. The molecule has 2 aromatic rings. The van der Waals surface area contributed by atoms with Gasteiger partial charge in [-0.05, 0) is 57.1 Å². The molecular formula is C19H28N4O3. The number of rotatable bonds is 7. The van der Waals surface area contributed by atoms with Crippen LogP contribution in [0.4, 0.5) is 5.69 Å². The van der Waals surface area contributed by atoms with Gasteiger partial charge < -0.3 is 15.4 Å². The molecule has 1 aliphatic heterocycles. The SMILES string of the molecule is COCCn1c(=O)c2cc(N)ccc2n(CCCN2CCCCC2)c1=O. The highest BCUT2D eigenvalue weighted by Crippen LogP contribution is 2.14. The fourth-order valence-electron chi connectivity index (χ4n) is 3.67. The summed E-state index contributed by atoms with van der Waals surface area (Å²) < 4.78 is 8.01. The Hall–Kier alpha value is -2.12. The number of methoxy groups -OCH3 is 1. The Balaban J connectivity index is 1.91. The number of nitrogen functional groups attached to an aromatic ring is 1. The fourth-order valence-corrected chi connectivity index (χ4v) is 3.67. The van der Waals surface area contributed by atoms with Crippen molar-refractivity contribution in [3.8, 4) is 0 Å². The van der Waals surface area contributed by atoms with Crippen molar-refractivity contribution in [2.45, 2.75) is 38.8 Å². The molecule has 2 heterocycles. The van der Waals surface area contributed by atoms with Crippen LogP contribution in [-0.2, 0) is 17.8 Å². The second-order valence-electron chi connectivity index (χ2n) is 6.92. The number of aryl methyl sites for hydroxylation is 1. The molecular weight excluding hydrogens is 332 g/mol. The van der Waals surface area contributed by atoms with Crippen molar-refractivity contribution < 1.29 is 4.74 Å². The number of hydrogen-bond donors (Lipinski definition) is 1. The molecule has 0 bridgehead atoms. The first-order chi connectivity index (χ1) is 12.6. The summed E-state index contributed by atoms with van der Waals surface area (Å²) in [6.07, 6.45) is 4.70. The predicted molar refractivity (Wildman–Crippen MR) is 104 cm³/mol. The number of ether oxygens (including phenoxy) is 1. The van der Waals surface area contributed by atoms with E-state index in [1.165, 1.54) is 23.8 Å². The van der Waals surface area contributed by atoms with E-state index in [2.05, 4.69) is 4.90 Å². The molecule has 2 N–H and O–H groups in total. The van der Waals surface area contributed by atoms with Gasteiger partial charge in [0.2, 0.25) is 0 Å². The van der Waals surface area contributed by atoms with Crippen molar-refractivity contribution in [3.63, 3.8) is 0 Å². The summed E-state index contributed by atoms with van der Waals surface area (Å²) in [4.78, 5) is 28.1. The first-order valence-electron chi connectivity index (χ1n) is 9.36. The predicted octanol–water partition coefficient (Wildman–Crippen LogP) is 1.27. The number of hydrogen-bond acceptors (Lipinski definition) is 5. The van der Waals surface area contributed by atoms with Gasteiger partial charge in [-0.25, -0.2) is 4.79 Å². The zero-order chi connectivity index (χ0) is 18.5. The average molecular weight is 360 g/mol. The summed E-state index contributed by atoms with van der Waals surface area (Å²) in [5.74, 6) is 0. The molecule has 1 aromatic heterocycles. The molecule has 142 valence electrons. The van der Waals surface area contributed by atoms with E-state index in [1.54, 1.807) is 29.9 Å². The van der Waals surface area contributed by atoms with Crippen LogP contribution in [0.2, 0.25) is 0 Å². The van der Waals surface area contributed by atoms with Crippen LogP contribution in [0.5, 0.6) is 0 Å². The van der Waals surface area contributed by atoms with Gasteiger partial charge in [0.1, 0.15) is 0 Å². The van der Waals surface area contributed by atoms with Gasteiger partial charge in [-0.3, -0.25) is 13.9 Å². The standard InChI is InChI=1S/C19H28N4O3/c1-26-13-12-23-18(24)16-14-15(20)6-7-17(16)22(19(23)25)11-5-10-21-8-3-2-4-9-21/h6-7,14H,2-5,8-13,20H2,1H3. The maximum absolute atomic E-state index is 12.9. The van der Waals surface area contributed by atoms with Crippen LogP contribution in [0.15, 0.2) is 27.8 Å². The number of aromatic nitrogens is 2. The highest BCUT2D eigenvalue weighted by Gasteiger charge is 2.14. The lowest BCUT2D eigenvalue weighted by atomic mass is 10.1. The third-order valence-electron chi connectivity index (χ3n) is 5.07. The lowest BCUT2D eigenvalue weighted by Gasteiger charge is -2.26. The molecule has 1 aliphatic rings. The van der Waals surface area contributed by atoms with Crippen molar-refractivity contribution in [3.05, 3.63) is 39.0 Å². The van der Waals surface area contributed by atoms with E-state index in [-0.39, 0.29) is 17.8 Å². The van der Waals surface area contributed by atoms with Crippen LogP contribution < -0.4 is 17.0 Å². The number of likely N-dealkylation sites (tertiary alicyclic amines) is 1. The van der Waals surface area contributed by atoms with E-state index in [1.807, 2.05) is 0 Å². The van der Waals surface area contributed by atoms with Gasteiger partial charge in [-0.15, -0.1) is 0 Å². The van der Waals surface area contributed by atoms with Gasteiger partial charge in [-0.2, -0.15) is 0 Å². The molecule has 26 heavy (non-hydrogen) atoms. The molecule has 0 amide bonds. The lowest BCUT2D eigenvalue weighted by molar-refractivity contribution is 0.184. The van der Waals surface area contributed by atoms with Gasteiger partial charge in [0.05, 0.1) is 24.1 Å². The second kappa shape index (κ2) is 8.51. The van der Waals surface area contributed by atoms with Gasteiger partial charge in [-0.1, -0.05) is 6.42 Å². The molecule has 3 rings (SSSR count). The van der Waals surface area contributed by atoms with Crippen molar-refractivity contribution in [2.75, 3.05) is 39.1 Å². The summed E-state index contributed by atoms with van der Waals surface area (Å²) in [6, 6.07) is 5.17. The Morgan fingerprint density at radius 3 is 2.54 bits per heavy atom. The highest BCUT2D eigenvalue weighted by atomic mass is 16.5. The number of nitrogens with two attached hydrogens (primary N) is 1. The quantitative estimate of drug-likeness (QED) is 0.752. The van der Waals surface area contributed by atoms with Crippen LogP contribution in [-0.4, -0.2) is 47.4 Å². The first kappa shape index (κ1) is 18.7. The maximum Gasteiger partial charge on any atom is 0.331 e. The molecule has 0 saturated carbocycles. The third-order valence-corrected chi connectivity index (χ3v) is 5.07. The minimum Gasteiger partial charge on any atom is -0.399 e. The molecule has 1 aromatic carbocycles. The zero-order valence-corrected chi connectivity index (χ0v) is 15.4. The average Bonchev–Trinajstić information content (AvgIpc) is 2.65. The number of nitrogens with zero attached hydrogens (tertiary/aromatic N) is 3. The fraction of sp³-hybridized carbons (Fsp3) is 0.579. The molecule has 0 unspecified atom stereocenters. The van der Waals surface area contributed by atoms with Gasteiger partial charge in [0.15, 0.2) is 0 Å². The van der Waals surface area contributed by atoms with Gasteiger partial charge >= 0.3 is 5.69 Å².